The van der Waals surface area contributed by atoms with Gasteiger partial charge < -0.3 is 19.6 Å². The molecule has 2 rings (SSSR count). The van der Waals surface area contributed by atoms with Crippen molar-refractivity contribution in [3.8, 4) is 5.75 Å². The quantitative estimate of drug-likeness (QED) is 0.816. The Balaban J connectivity index is 1.82. The molecule has 4 heteroatoms. The maximum absolute atomic E-state index is 9.88. The van der Waals surface area contributed by atoms with Crippen LogP contribution in [0.1, 0.15) is 31.3 Å². The van der Waals surface area contributed by atoms with E-state index in [0.717, 1.165) is 11.3 Å². The summed E-state index contributed by atoms with van der Waals surface area (Å²) in [5.74, 6) is 1.44. The monoisotopic (exact) mass is 275 g/mol. The van der Waals surface area contributed by atoms with Crippen LogP contribution in [0.25, 0.3) is 0 Å². The molecule has 0 saturated carbocycles. The van der Waals surface area contributed by atoms with E-state index in [4.69, 9.17) is 9.15 Å². The lowest BCUT2D eigenvalue weighted by molar-refractivity contribution is 0.147. The molecule has 20 heavy (non-hydrogen) atoms. The second kappa shape index (κ2) is 7.12. The van der Waals surface area contributed by atoms with Crippen LogP contribution in [0.15, 0.2) is 47.1 Å². The van der Waals surface area contributed by atoms with Crippen LogP contribution in [0.2, 0.25) is 0 Å². The van der Waals surface area contributed by atoms with Crippen LogP contribution in [0.5, 0.6) is 5.75 Å². The van der Waals surface area contributed by atoms with Crippen molar-refractivity contribution < 1.29 is 14.3 Å². The predicted molar refractivity (Wildman–Crippen MR) is 77.6 cm³/mol. The van der Waals surface area contributed by atoms with Gasteiger partial charge in [-0.2, -0.15) is 0 Å². The van der Waals surface area contributed by atoms with E-state index in [2.05, 4.69) is 5.32 Å². The number of ether oxygens (including phenoxy) is 1. The predicted octanol–water partition coefficient (Wildman–Crippen LogP) is 2.89. The second-order valence-electron chi connectivity index (χ2n) is 4.98. The highest BCUT2D eigenvalue weighted by Gasteiger charge is 2.09. The molecule has 0 aliphatic rings. The fourth-order valence-electron chi connectivity index (χ4n) is 1.94. The molecule has 4 nitrogen and oxygen atoms in total. The van der Waals surface area contributed by atoms with Gasteiger partial charge in [-0.05, 0) is 43.7 Å². The molecule has 0 aliphatic heterocycles. The number of hydrogen-bond acceptors (Lipinski definition) is 4. The van der Waals surface area contributed by atoms with Crippen molar-refractivity contribution >= 4 is 0 Å². The van der Waals surface area contributed by atoms with E-state index < -0.39 is 6.10 Å². The maximum Gasteiger partial charge on any atom is 0.133 e. The summed E-state index contributed by atoms with van der Waals surface area (Å²) in [6.45, 7) is 5.13. The molecule has 1 aromatic carbocycles. The summed E-state index contributed by atoms with van der Waals surface area (Å²) in [5.41, 5.74) is 1.12. The average Bonchev–Trinajstić information content (AvgIpc) is 2.92. The molecule has 2 aromatic rings. The molecule has 0 fully saturated rings. The zero-order valence-electron chi connectivity index (χ0n) is 11.9. The third-order valence-corrected chi connectivity index (χ3v) is 2.81. The lowest BCUT2D eigenvalue weighted by atomic mass is 10.2. The van der Waals surface area contributed by atoms with Crippen LogP contribution in [0, 0.1) is 0 Å². The Morgan fingerprint density at radius 2 is 2.10 bits per heavy atom. The van der Waals surface area contributed by atoms with Crippen LogP contribution >= 0.6 is 0 Å². The van der Waals surface area contributed by atoms with Crippen LogP contribution < -0.4 is 10.1 Å². The van der Waals surface area contributed by atoms with Crippen molar-refractivity contribution in [2.45, 2.75) is 32.6 Å². The Morgan fingerprint density at radius 1 is 1.25 bits per heavy atom. The number of furan rings is 1. The highest BCUT2D eigenvalue weighted by molar-refractivity contribution is 5.28. The van der Waals surface area contributed by atoms with Crippen molar-refractivity contribution in [1.29, 1.82) is 0 Å². The first-order valence-electron chi connectivity index (χ1n) is 6.83. The molecule has 1 unspecified atom stereocenters. The maximum atomic E-state index is 9.88. The van der Waals surface area contributed by atoms with Gasteiger partial charge in [-0.1, -0.05) is 12.1 Å². The van der Waals surface area contributed by atoms with E-state index in [9.17, 15) is 5.11 Å². The number of benzene rings is 1. The summed E-state index contributed by atoms with van der Waals surface area (Å²) in [6, 6.07) is 11.5. The third kappa shape index (κ3) is 4.40. The summed E-state index contributed by atoms with van der Waals surface area (Å²) < 4.78 is 10.8. The van der Waals surface area contributed by atoms with Gasteiger partial charge in [0.25, 0.3) is 0 Å². The van der Waals surface area contributed by atoms with Gasteiger partial charge in [-0.3, -0.25) is 0 Å². The van der Waals surface area contributed by atoms with Gasteiger partial charge in [-0.15, -0.1) is 0 Å². The lowest BCUT2D eigenvalue weighted by Gasteiger charge is -2.12. The van der Waals surface area contributed by atoms with Gasteiger partial charge in [0.15, 0.2) is 0 Å². The van der Waals surface area contributed by atoms with Crippen molar-refractivity contribution in [3.05, 3.63) is 54.0 Å². The highest BCUT2D eigenvalue weighted by Crippen LogP contribution is 2.15. The number of aliphatic hydroxyl groups is 1. The lowest BCUT2D eigenvalue weighted by Crippen LogP contribution is -2.20. The standard InChI is InChI=1S/C16H21NO3/c1-12(2)20-14-6-3-5-13(9-14)10-17-11-15(18)16-7-4-8-19-16/h3-9,12,15,17-18H,10-11H2,1-2H3. The Labute approximate surface area is 119 Å². The molecular formula is C16H21NO3. The van der Waals surface area contributed by atoms with Gasteiger partial charge in [0.2, 0.25) is 0 Å². The normalized spacial score (nSPS) is 12.6. The minimum atomic E-state index is -0.625. The summed E-state index contributed by atoms with van der Waals surface area (Å²) in [5, 5.41) is 13.1. The largest absolute Gasteiger partial charge is 0.491 e. The van der Waals surface area contributed by atoms with E-state index in [0.29, 0.717) is 18.8 Å². The second-order valence-corrected chi connectivity index (χ2v) is 4.98. The van der Waals surface area contributed by atoms with E-state index >= 15 is 0 Å². The molecule has 108 valence electrons. The van der Waals surface area contributed by atoms with Crippen molar-refractivity contribution in [1.82, 2.24) is 5.32 Å². The SMILES string of the molecule is CC(C)Oc1cccc(CNCC(O)c2ccco2)c1. The number of hydrogen-bond donors (Lipinski definition) is 2. The number of rotatable bonds is 7. The van der Waals surface area contributed by atoms with Crippen LogP contribution in [0.4, 0.5) is 0 Å². The zero-order valence-corrected chi connectivity index (χ0v) is 11.9. The highest BCUT2D eigenvalue weighted by atomic mass is 16.5. The van der Waals surface area contributed by atoms with Crippen molar-refractivity contribution in [3.63, 3.8) is 0 Å². The average molecular weight is 275 g/mol. The summed E-state index contributed by atoms with van der Waals surface area (Å²) in [7, 11) is 0. The zero-order chi connectivity index (χ0) is 14.4. The Bertz CT molecular complexity index is 508. The number of aliphatic hydroxyl groups excluding tert-OH is 1. The van der Waals surface area contributed by atoms with Crippen LogP contribution in [0.3, 0.4) is 0 Å². The molecule has 0 amide bonds. The van der Waals surface area contributed by atoms with E-state index in [-0.39, 0.29) is 6.10 Å². The molecule has 1 aromatic heterocycles. The first-order chi connectivity index (χ1) is 9.65. The molecule has 1 atom stereocenters. The van der Waals surface area contributed by atoms with E-state index in [1.165, 1.54) is 0 Å². The van der Waals surface area contributed by atoms with Gasteiger partial charge in [-0.25, -0.2) is 0 Å². The Kier molecular flexibility index (Phi) is 5.21. The summed E-state index contributed by atoms with van der Waals surface area (Å²) in [6.07, 6.45) is 1.10. The fourth-order valence-corrected chi connectivity index (χ4v) is 1.94. The van der Waals surface area contributed by atoms with Crippen molar-refractivity contribution in [2.24, 2.45) is 0 Å². The topological polar surface area (TPSA) is 54.6 Å². The van der Waals surface area contributed by atoms with Gasteiger partial charge in [0.05, 0.1) is 12.4 Å². The molecule has 0 aliphatic carbocycles. The Hall–Kier alpha value is -1.78. The molecule has 0 saturated heterocycles. The molecule has 0 spiro atoms. The summed E-state index contributed by atoms with van der Waals surface area (Å²) in [4.78, 5) is 0. The van der Waals surface area contributed by atoms with Crippen LogP contribution in [-0.2, 0) is 6.54 Å². The minimum Gasteiger partial charge on any atom is -0.491 e. The first-order valence-corrected chi connectivity index (χ1v) is 6.83. The summed E-state index contributed by atoms with van der Waals surface area (Å²) >= 11 is 0. The van der Waals surface area contributed by atoms with Crippen LogP contribution in [-0.4, -0.2) is 17.8 Å². The molecular weight excluding hydrogens is 254 g/mol. The van der Waals surface area contributed by atoms with Crippen molar-refractivity contribution in [2.75, 3.05) is 6.54 Å². The first kappa shape index (κ1) is 14.6. The molecule has 0 radical (unpaired) electrons. The van der Waals surface area contributed by atoms with E-state index in [1.807, 2.05) is 38.1 Å². The third-order valence-electron chi connectivity index (χ3n) is 2.81. The Morgan fingerprint density at radius 3 is 2.80 bits per heavy atom. The van der Waals surface area contributed by atoms with Gasteiger partial charge >= 0.3 is 0 Å². The van der Waals surface area contributed by atoms with Gasteiger partial charge in [0.1, 0.15) is 17.6 Å². The molecule has 2 N–H and O–H groups in total. The molecule has 0 bridgehead atoms. The van der Waals surface area contributed by atoms with E-state index in [1.54, 1.807) is 18.4 Å². The smallest absolute Gasteiger partial charge is 0.133 e. The number of nitrogens with one attached hydrogen (secondary N) is 1. The van der Waals surface area contributed by atoms with Gasteiger partial charge in [0, 0.05) is 13.1 Å². The minimum absolute atomic E-state index is 0.166. The molecule has 1 heterocycles. The fraction of sp³-hybridized carbons (Fsp3) is 0.375.